The summed E-state index contributed by atoms with van der Waals surface area (Å²) in [6.07, 6.45) is -1.71. The zero-order valence-electron chi connectivity index (χ0n) is 17.0. The van der Waals surface area contributed by atoms with Crippen LogP contribution in [-0.4, -0.2) is 85.7 Å². The molecule has 0 radical (unpaired) electrons. The van der Waals surface area contributed by atoms with Crippen LogP contribution in [0.15, 0.2) is 22.5 Å². The first kappa shape index (κ1) is 24.7. The zero-order valence-corrected chi connectivity index (χ0v) is 20.1. The molecule has 2 aliphatic heterocycles. The molecule has 2 aliphatic rings. The average Bonchev–Trinajstić information content (AvgIpc) is 3.38. The van der Waals surface area contributed by atoms with E-state index in [4.69, 9.17) is 0 Å². The van der Waals surface area contributed by atoms with E-state index in [1.54, 1.807) is 18.4 Å². The van der Waals surface area contributed by atoms with Crippen molar-refractivity contribution < 1.29 is 13.2 Å². The number of nitrogens with zero attached hydrogens (tertiary/aromatic N) is 4. The smallest absolute Gasteiger partial charge is 0.354 e. The molecule has 5 nitrogen and oxygen atoms in total. The van der Waals surface area contributed by atoms with Crippen molar-refractivity contribution in [2.45, 2.75) is 38.0 Å². The molecule has 0 saturated carbocycles. The molecule has 3 rings (SSSR count). The third kappa shape index (κ3) is 6.44. The molecule has 2 unspecified atom stereocenters. The fraction of sp³-hybridized carbons (Fsp3) is 0.737. The molecule has 0 aliphatic carbocycles. The van der Waals surface area contributed by atoms with E-state index < -0.39 is 12.2 Å². The number of piperazine rings is 1. The van der Waals surface area contributed by atoms with Gasteiger partial charge in [0.25, 0.3) is 0 Å². The minimum absolute atomic E-state index is 0. The molecule has 2 atom stereocenters. The summed E-state index contributed by atoms with van der Waals surface area (Å²) in [5.74, 6) is 0.778. The number of halogens is 4. The van der Waals surface area contributed by atoms with Crippen LogP contribution in [-0.2, 0) is 0 Å². The van der Waals surface area contributed by atoms with Gasteiger partial charge in [-0.15, -0.1) is 35.3 Å². The number of likely N-dealkylation sites (tertiary alicyclic amines) is 1. The van der Waals surface area contributed by atoms with Gasteiger partial charge in [-0.1, -0.05) is 6.07 Å². The number of alkyl halides is 3. The van der Waals surface area contributed by atoms with Crippen LogP contribution in [0.3, 0.4) is 0 Å². The first-order valence-electron chi connectivity index (χ1n) is 9.94. The maximum absolute atomic E-state index is 13.0. The molecule has 166 valence electrons. The van der Waals surface area contributed by atoms with Crippen LogP contribution < -0.4 is 5.32 Å². The van der Waals surface area contributed by atoms with Gasteiger partial charge in [0.15, 0.2) is 5.96 Å². The Balaban J connectivity index is 0.00000300. The lowest BCUT2D eigenvalue weighted by Crippen LogP contribution is -2.57. The van der Waals surface area contributed by atoms with Crippen molar-refractivity contribution >= 4 is 41.3 Å². The number of aliphatic imine (C=N–C) groups is 1. The minimum Gasteiger partial charge on any atom is -0.354 e. The van der Waals surface area contributed by atoms with Crippen LogP contribution in [0.1, 0.15) is 30.7 Å². The predicted octanol–water partition coefficient (Wildman–Crippen LogP) is 3.65. The molecule has 1 aromatic rings. The maximum Gasteiger partial charge on any atom is 0.403 e. The normalized spacial score (nSPS) is 21.7. The molecule has 2 fully saturated rings. The Kier molecular flexibility index (Phi) is 9.49. The number of guanidine groups is 1. The van der Waals surface area contributed by atoms with Gasteiger partial charge in [0, 0.05) is 44.6 Å². The van der Waals surface area contributed by atoms with Crippen molar-refractivity contribution in [2.75, 3.05) is 52.9 Å². The predicted molar refractivity (Wildman–Crippen MR) is 123 cm³/mol. The summed E-state index contributed by atoms with van der Waals surface area (Å²) >= 11 is 1.77. The Labute approximate surface area is 192 Å². The van der Waals surface area contributed by atoms with Gasteiger partial charge in [-0.25, -0.2) is 0 Å². The Morgan fingerprint density at radius 2 is 1.79 bits per heavy atom. The number of thiophene rings is 1. The van der Waals surface area contributed by atoms with Gasteiger partial charge in [0.05, 0.1) is 6.04 Å². The molecule has 0 bridgehead atoms. The van der Waals surface area contributed by atoms with Gasteiger partial charge in [-0.2, -0.15) is 13.2 Å². The monoisotopic (exact) mass is 545 g/mol. The van der Waals surface area contributed by atoms with Crippen LogP contribution in [0.2, 0.25) is 0 Å². The van der Waals surface area contributed by atoms with Gasteiger partial charge in [-0.3, -0.25) is 14.8 Å². The number of hydrogen-bond donors (Lipinski definition) is 1. The summed E-state index contributed by atoms with van der Waals surface area (Å²) in [5, 5.41) is 5.58. The van der Waals surface area contributed by atoms with E-state index >= 15 is 0 Å². The van der Waals surface area contributed by atoms with Gasteiger partial charge < -0.3 is 10.2 Å². The quantitative estimate of drug-likeness (QED) is 0.348. The van der Waals surface area contributed by atoms with Crippen LogP contribution in [0, 0.1) is 0 Å². The largest absolute Gasteiger partial charge is 0.403 e. The molecule has 1 aromatic heterocycles. The van der Waals surface area contributed by atoms with Crippen molar-refractivity contribution in [2.24, 2.45) is 4.99 Å². The Bertz CT molecular complexity index is 626. The second kappa shape index (κ2) is 11.1. The highest BCUT2D eigenvalue weighted by Gasteiger charge is 2.41. The first-order valence-corrected chi connectivity index (χ1v) is 10.8. The second-order valence-electron chi connectivity index (χ2n) is 7.44. The Morgan fingerprint density at radius 1 is 1.14 bits per heavy atom. The van der Waals surface area contributed by atoms with E-state index in [0.717, 1.165) is 25.6 Å². The van der Waals surface area contributed by atoms with Crippen LogP contribution >= 0.6 is 35.3 Å². The molecular formula is C19H31F3IN5S. The van der Waals surface area contributed by atoms with Crippen molar-refractivity contribution in [3.8, 4) is 0 Å². The van der Waals surface area contributed by atoms with E-state index in [0.29, 0.717) is 32.2 Å². The fourth-order valence-corrected chi connectivity index (χ4v) is 4.85. The highest BCUT2D eigenvalue weighted by atomic mass is 127. The van der Waals surface area contributed by atoms with E-state index in [-0.39, 0.29) is 24.0 Å². The Hall–Kier alpha value is -0.590. The Morgan fingerprint density at radius 3 is 2.31 bits per heavy atom. The van der Waals surface area contributed by atoms with Crippen molar-refractivity contribution in [1.82, 2.24) is 20.0 Å². The first-order chi connectivity index (χ1) is 13.4. The highest BCUT2D eigenvalue weighted by Crippen LogP contribution is 2.28. The summed E-state index contributed by atoms with van der Waals surface area (Å²) in [6.45, 7) is 6.09. The highest BCUT2D eigenvalue weighted by molar-refractivity contribution is 14.0. The topological polar surface area (TPSA) is 34.1 Å². The molecule has 29 heavy (non-hydrogen) atoms. The van der Waals surface area contributed by atoms with Gasteiger partial charge in [-0.05, 0) is 44.3 Å². The molecule has 1 N–H and O–H groups in total. The molecule has 2 saturated heterocycles. The fourth-order valence-electron chi connectivity index (χ4n) is 3.99. The number of nitrogens with one attached hydrogen (secondary N) is 1. The lowest BCUT2D eigenvalue weighted by Gasteiger charge is -2.40. The van der Waals surface area contributed by atoms with Crippen LogP contribution in [0.25, 0.3) is 0 Å². The minimum atomic E-state index is -4.17. The molecule has 0 spiro atoms. The second-order valence-corrected chi connectivity index (χ2v) is 8.42. The van der Waals surface area contributed by atoms with Crippen molar-refractivity contribution in [1.29, 1.82) is 0 Å². The maximum atomic E-state index is 13.0. The van der Waals surface area contributed by atoms with Gasteiger partial charge in [0.1, 0.15) is 6.04 Å². The van der Waals surface area contributed by atoms with E-state index in [1.807, 2.05) is 0 Å². The number of hydrogen-bond acceptors (Lipinski definition) is 4. The molecule has 10 heteroatoms. The van der Waals surface area contributed by atoms with E-state index in [9.17, 15) is 13.2 Å². The van der Waals surface area contributed by atoms with E-state index in [1.165, 1.54) is 29.5 Å². The SMILES string of the molecule is CN=C(NCC(c1cccs1)N1CCCC1)N1CCN(C(C)C(F)(F)F)CC1.I. The summed E-state index contributed by atoms with van der Waals surface area (Å²) in [4.78, 5) is 11.8. The lowest BCUT2D eigenvalue weighted by atomic mass is 10.2. The molecule has 0 amide bonds. The molecule has 0 aromatic carbocycles. The van der Waals surface area contributed by atoms with E-state index in [2.05, 4.69) is 37.6 Å². The molecular weight excluding hydrogens is 514 g/mol. The summed E-state index contributed by atoms with van der Waals surface area (Å²) in [6, 6.07) is 3.17. The zero-order chi connectivity index (χ0) is 20.1. The van der Waals surface area contributed by atoms with Crippen LogP contribution in [0.4, 0.5) is 13.2 Å². The van der Waals surface area contributed by atoms with Crippen LogP contribution in [0.5, 0.6) is 0 Å². The summed E-state index contributed by atoms with van der Waals surface area (Å²) in [5.41, 5.74) is 0. The standard InChI is InChI=1S/C19H30F3N5S.HI/c1-15(19(20,21)22)25-9-11-27(12-10-25)18(23-2)24-14-16(17-6-5-13-28-17)26-7-3-4-8-26;/h5-6,13,15-16H,3-4,7-12,14H2,1-2H3,(H,23,24);1H. The van der Waals surface area contributed by atoms with Gasteiger partial charge >= 0.3 is 6.18 Å². The summed E-state index contributed by atoms with van der Waals surface area (Å²) in [7, 11) is 1.74. The lowest BCUT2D eigenvalue weighted by molar-refractivity contribution is -0.181. The van der Waals surface area contributed by atoms with Gasteiger partial charge in [0.2, 0.25) is 0 Å². The summed E-state index contributed by atoms with van der Waals surface area (Å²) < 4.78 is 38.9. The van der Waals surface area contributed by atoms with Crippen molar-refractivity contribution in [3.05, 3.63) is 22.4 Å². The number of rotatable bonds is 5. The third-order valence-electron chi connectivity index (χ3n) is 5.75. The van der Waals surface area contributed by atoms with Crippen molar-refractivity contribution in [3.63, 3.8) is 0 Å². The molecule has 3 heterocycles. The average molecular weight is 545 g/mol. The third-order valence-corrected chi connectivity index (χ3v) is 6.73.